The van der Waals surface area contributed by atoms with Crippen LogP contribution in [-0.2, 0) is 0 Å². The van der Waals surface area contributed by atoms with Gasteiger partial charge in [-0.25, -0.2) is 0 Å². The topological polar surface area (TPSA) is 29.1 Å². The van der Waals surface area contributed by atoms with Crippen molar-refractivity contribution in [1.29, 1.82) is 0 Å². The first kappa shape index (κ1) is 14.1. The molecular weight excluding hydrogens is 326 g/mol. The Morgan fingerprint density at radius 1 is 1.11 bits per heavy atom. The van der Waals surface area contributed by atoms with Crippen LogP contribution in [0.5, 0.6) is 0 Å². The van der Waals surface area contributed by atoms with E-state index in [1.165, 1.54) is 0 Å². The fourth-order valence-electron chi connectivity index (χ4n) is 1.89. The van der Waals surface area contributed by atoms with Crippen LogP contribution in [0.15, 0.2) is 40.9 Å². The first-order valence-electron chi connectivity index (χ1n) is 5.80. The second-order valence-corrected chi connectivity index (χ2v) is 5.72. The third kappa shape index (κ3) is 3.58. The lowest BCUT2D eigenvalue weighted by Gasteiger charge is -2.08. The fourth-order valence-corrected chi connectivity index (χ4v) is 2.31. The van der Waals surface area contributed by atoms with E-state index in [0.717, 1.165) is 21.3 Å². The summed E-state index contributed by atoms with van der Waals surface area (Å²) in [5.74, 6) is -0.167. The molecule has 0 atom stereocenters. The highest BCUT2D eigenvalue weighted by Gasteiger charge is 2.08. The summed E-state index contributed by atoms with van der Waals surface area (Å²) in [6.45, 7) is 4.00. The number of carbonyl (C=O) groups excluding carboxylic acids is 1. The van der Waals surface area contributed by atoms with Gasteiger partial charge in [-0.05, 0) is 71.2 Å². The number of aryl methyl sites for hydroxylation is 2. The molecule has 0 aliphatic carbocycles. The zero-order valence-electron chi connectivity index (χ0n) is 10.6. The molecule has 0 heterocycles. The molecule has 1 N–H and O–H groups in total. The molecule has 2 rings (SSSR count). The van der Waals surface area contributed by atoms with Crippen molar-refractivity contribution in [2.75, 3.05) is 5.32 Å². The van der Waals surface area contributed by atoms with Crippen LogP contribution in [0.3, 0.4) is 0 Å². The average molecular weight is 339 g/mol. The van der Waals surface area contributed by atoms with Gasteiger partial charge in [-0.15, -0.1) is 0 Å². The normalized spacial score (nSPS) is 10.3. The first-order chi connectivity index (χ1) is 8.95. The van der Waals surface area contributed by atoms with Crippen LogP contribution in [0.2, 0.25) is 5.02 Å². The summed E-state index contributed by atoms with van der Waals surface area (Å²) in [5, 5.41) is 3.40. The number of hydrogen-bond acceptors (Lipinski definition) is 1. The predicted molar refractivity (Wildman–Crippen MR) is 83.0 cm³/mol. The first-order valence-corrected chi connectivity index (χ1v) is 6.97. The van der Waals surface area contributed by atoms with Crippen LogP contribution < -0.4 is 5.32 Å². The standard InChI is InChI=1S/C15H13BrClNO/c1-9-5-10(2)7-12(6-9)18-15(19)11-3-4-13(16)14(17)8-11/h3-8H,1-2H3,(H,18,19). The van der Waals surface area contributed by atoms with E-state index in [9.17, 15) is 4.79 Å². The van der Waals surface area contributed by atoms with Gasteiger partial charge in [0.15, 0.2) is 0 Å². The summed E-state index contributed by atoms with van der Waals surface area (Å²) in [6.07, 6.45) is 0. The minimum Gasteiger partial charge on any atom is -0.322 e. The van der Waals surface area contributed by atoms with Crippen molar-refractivity contribution in [1.82, 2.24) is 0 Å². The number of anilines is 1. The lowest BCUT2D eigenvalue weighted by atomic mass is 10.1. The summed E-state index contributed by atoms with van der Waals surface area (Å²) < 4.78 is 0.775. The number of hydrogen-bond donors (Lipinski definition) is 1. The number of benzene rings is 2. The lowest BCUT2D eigenvalue weighted by Crippen LogP contribution is -2.12. The number of rotatable bonds is 2. The van der Waals surface area contributed by atoms with Crippen LogP contribution in [0.1, 0.15) is 21.5 Å². The van der Waals surface area contributed by atoms with Crippen LogP contribution in [-0.4, -0.2) is 5.91 Å². The SMILES string of the molecule is Cc1cc(C)cc(NC(=O)c2ccc(Br)c(Cl)c2)c1. The molecule has 19 heavy (non-hydrogen) atoms. The van der Waals surface area contributed by atoms with Crippen molar-refractivity contribution < 1.29 is 4.79 Å². The number of nitrogens with one attached hydrogen (secondary N) is 1. The van der Waals surface area contributed by atoms with Gasteiger partial charge < -0.3 is 5.32 Å². The minimum absolute atomic E-state index is 0.167. The largest absolute Gasteiger partial charge is 0.322 e. The lowest BCUT2D eigenvalue weighted by molar-refractivity contribution is 0.102. The minimum atomic E-state index is -0.167. The van der Waals surface area contributed by atoms with Gasteiger partial charge >= 0.3 is 0 Å². The van der Waals surface area contributed by atoms with E-state index in [1.807, 2.05) is 26.0 Å². The van der Waals surface area contributed by atoms with Gasteiger partial charge in [0, 0.05) is 15.7 Å². The van der Waals surface area contributed by atoms with Gasteiger partial charge in [-0.2, -0.15) is 0 Å². The predicted octanol–water partition coefficient (Wildman–Crippen LogP) is 4.97. The van der Waals surface area contributed by atoms with Gasteiger partial charge in [0.25, 0.3) is 5.91 Å². The van der Waals surface area contributed by atoms with Gasteiger partial charge in [0.05, 0.1) is 5.02 Å². The molecule has 0 saturated carbocycles. The molecule has 1 amide bonds. The van der Waals surface area contributed by atoms with E-state index >= 15 is 0 Å². The summed E-state index contributed by atoms with van der Waals surface area (Å²) in [7, 11) is 0. The molecule has 0 aliphatic heterocycles. The summed E-state index contributed by atoms with van der Waals surface area (Å²) >= 11 is 9.29. The van der Waals surface area contributed by atoms with E-state index in [-0.39, 0.29) is 5.91 Å². The van der Waals surface area contributed by atoms with Crippen molar-refractivity contribution >= 4 is 39.1 Å². The third-order valence-electron chi connectivity index (χ3n) is 2.66. The molecule has 0 aromatic heterocycles. The Morgan fingerprint density at radius 2 is 1.74 bits per heavy atom. The fraction of sp³-hybridized carbons (Fsp3) is 0.133. The van der Waals surface area contributed by atoms with Crippen LogP contribution in [0, 0.1) is 13.8 Å². The second kappa shape index (κ2) is 5.76. The highest BCUT2D eigenvalue weighted by Crippen LogP contribution is 2.24. The molecule has 2 aromatic carbocycles. The van der Waals surface area contributed by atoms with Crippen molar-refractivity contribution in [2.45, 2.75) is 13.8 Å². The quantitative estimate of drug-likeness (QED) is 0.823. The van der Waals surface area contributed by atoms with Gasteiger partial charge in [-0.3, -0.25) is 4.79 Å². The molecule has 0 saturated heterocycles. The van der Waals surface area contributed by atoms with Gasteiger partial charge in [0.1, 0.15) is 0 Å². The van der Waals surface area contributed by atoms with Crippen molar-refractivity contribution in [3.05, 3.63) is 62.6 Å². The molecule has 98 valence electrons. The molecular formula is C15H13BrClNO. The summed E-state index contributed by atoms with van der Waals surface area (Å²) in [5.41, 5.74) is 3.56. The number of halogens is 2. The zero-order valence-corrected chi connectivity index (χ0v) is 13.0. The van der Waals surface area contributed by atoms with Crippen molar-refractivity contribution in [3.63, 3.8) is 0 Å². The van der Waals surface area contributed by atoms with E-state index < -0.39 is 0 Å². The van der Waals surface area contributed by atoms with Gasteiger partial charge in [-0.1, -0.05) is 17.7 Å². The maximum Gasteiger partial charge on any atom is 0.255 e. The van der Waals surface area contributed by atoms with E-state index in [2.05, 4.69) is 27.3 Å². The molecule has 0 fully saturated rings. The van der Waals surface area contributed by atoms with E-state index in [4.69, 9.17) is 11.6 Å². The Morgan fingerprint density at radius 3 is 2.32 bits per heavy atom. The Balaban J connectivity index is 2.22. The smallest absolute Gasteiger partial charge is 0.255 e. The molecule has 0 radical (unpaired) electrons. The van der Waals surface area contributed by atoms with Crippen LogP contribution >= 0.6 is 27.5 Å². The highest BCUT2D eigenvalue weighted by atomic mass is 79.9. The van der Waals surface area contributed by atoms with Crippen molar-refractivity contribution in [3.8, 4) is 0 Å². The summed E-state index contributed by atoms with van der Waals surface area (Å²) in [6, 6.07) is 11.1. The Kier molecular flexibility index (Phi) is 4.27. The van der Waals surface area contributed by atoms with Gasteiger partial charge in [0.2, 0.25) is 0 Å². The van der Waals surface area contributed by atoms with Crippen LogP contribution in [0.25, 0.3) is 0 Å². The second-order valence-electron chi connectivity index (χ2n) is 4.46. The maximum atomic E-state index is 12.1. The molecule has 0 bridgehead atoms. The zero-order chi connectivity index (χ0) is 14.0. The van der Waals surface area contributed by atoms with E-state index in [1.54, 1.807) is 18.2 Å². The number of amides is 1. The number of carbonyl (C=O) groups is 1. The molecule has 4 heteroatoms. The van der Waals surface area contributed by atoms with Crippen molar-refractivity contribution in [2.24, 2.45) is 0 Å². The Bertz CT molecular complexity index is 620. The molecule has 0 unspecified atom stereocenters. The van der Waals surface area contributed by atoms with Crippen LogP contribution in [0.4, 0.5) is 5.69 Å². The Hall–Kier alpha value is -1.32. The maximum absolute atomic E-state index is 12.1. The van der Waals surface area contributed by atoms with E-state index in [0.29, 0.717) is 10.6 Å². The monoisotopic (exact) mass is 337 g/mol. The third-order valence-corrected chi connectivity index (χ3v) is 3.89. The highest BCUT2D eigenvalue weighted by molar-refractivity contribution is 9.10. The average Bonchev–Trinajstić information content (AvgIpc) is 2.31. The molecule has 2 aromatic rings. The molecule has 0 aliphatic rings. The summed E-state index contributed by atoms with van der Waals surface area (Å²) in [4.78, 5) is 12.1. The Labute approximate surface area is 125 Å². The molecule has 2 nitrogen and oxygen atoms in total. The molecule has 0 spiro atoms.